The number of benzene rings is 1. The van der Waals surface area contributed by atoms with Crippen LogP contribution >= 0.6 is 0 Å². The molecule has 0 aliphatic heterocycles. The molecule has 2 rings (SSSR count). The summed E-state index contributed by atoms with van der Waals surface area (Å²) in [4.78, 5) is 30.3. The molecular formula is C14H18N4O3. The molecule has 0 saturated carbocycles. The number of carbonyl (C=O) groups excluding carboxylic acids is 2. The van der Waals surface area contributed by atoms with E-state index >= 15 is 0 Å². The van der Waals surface area contributed by atoms with Crippen molar-refractivity contribution in [1.82, 2.24) is 20.6 Å². The maximum absolute atomic E-state index is 12.1. The summed E-state index contributed by atoms with van der Waals surface area (Å²) in [6, 6.07) is 5.26. The molecule has 0 fully saturated rings. The number of amides is 2. The molecule has 0 aliphatic rings. The predicted molar refractivity (Wildman–Crippen MR) is 78.4 cm³/mol. The summed E-state index contributed by atoms with van der Waals surface area (Å²) in [5, 5.41) is 5.17. The zero-order valence-corrected chi connectivity index (χ0v) is 12.0. The van der Waals surface area contributed by atoms with Gasteiger partial charge in [-0.2, -0.15) is 4.98 Å². The van der Waals surface area contributed by atoms with E-state index in [2.05, 4.69) is 27.5 Å². The Labute approximate surface area is 122 Å². The van der Waals surface area contributed by atoms with Gasteiger partial charge < -0.3 is 20.4 Å². The summed E-state index contributed by atoms with van der Waals surface area (Å²) in [5.74, 6) is -0.188. The van der Waals surface area contributed by atoms with Gasteiger partial charge in [-0.05, 0) is 18.6 Å². The van der Waals surface area contributed by atoms with E-state index in [1.54, 1.807) is 18.2 Å². The first kappa shape index (κ1) is 14.8. The molecule has 3 N–H and O–H groups in total. The van der Waals surface area contributed by atoms with Crippen LogP contribution in [0, 0.1) is 0 Å². The fourth-order valence-electron chi connectivity index (χ4n) is 1.85. The Balaban J connectivity index is 2.24. The lowest BCUT2D eigenvalue weighted by Crippen LogP contribution is -2.24. The highest BCUT2D eigenvalue weighted by Gasteiger charge is 2.15. The standard InChI is InChI=1S/C14H18N4O3/c1-3-4-8-16-12(19)9-6-5-7-10-11(9)18-13(17-10)21-14(20)15-2/h5-7H,3-4,8H2,1-2H3,(H,15,20)(H,16,19)(H,17,18). The normalized spacial score (nSPS) is 10.4. The molecule has 0 spiro atoms. The molecule has 0 aliphatic carbocycles. The number of fused-ring (bicyclic) bond motifs is 1. The summed E-state index contributed by atoms with van der Waals surface area (Å²) in [5.41, 5.74) is 1.56. The first-order valence-corrected chi connectivity index (χ1v) is 6.82. The summed E-state index contributed by atoms with van der Waals surface area (Å²) in [6.07, 6.45) is 1.31. The van der Waals surface area contributed by atoms with Crippen LogP contribution in [-0.2, 0) is 0 Å². The molecule has 7 nitrogen and oxygen atoms in total. The Kier molecular flexibility index (Phi) is 4.76. The number of H-pyrrole nitrogens is 1. The predicted octanol–water partition coefficient (Wildman–Crippen LogP) is 1.81. The number of para-hydroxylation sites is 1. The quantitative estimate of drug-likeness (QED) is 0.732. The Morgan fingerprint density at radius 3 is 2.90 bits per heavy atom. The molecule has 0 radical (unpaired) electrons. The van der Waals surface area contributed by atoms with Crippen molar-refractivity contribution in [2.75, 3.05) is 13.6 Å². The van der Waals surface area contributed by atoms with Crippen molar-refractivity contribution in [3.8, 4) is 6.01 Å². The van der Waals surface area contributed by atoms with Crippen molar-refractivity contribution >= 4 is 23.0 Å². The van der Waals surface area contributed by atoms with Gasteiger partial charge in [0.25, 0.3) is 5.91 Å². The average Bonchev–Trinajstić information content (AvgIpc) is 2.89. The number of aromatic nitrogens is 2. The van der Waals surface area contributed by atoms with Gasteiger partial charge in [0.15, 0.2) is 0 Å². The molecule has 2 aromatic rings. The van der Waals surface area contributed by atoms with Crippen molar-refractivity contribution in [1.29, 1.82) is 0 Å². The minimum absolute atomic E-state index is 0.0539. The molecule has 0 atom stereocenters. The summed E-state index contributed by atoms with van der Waals surface area (Å²) in [6.45, 7) is 2.68. The van der Waals surface area contributed by atoms with Crippen LogP contribution < -0.4 is 15.4 Å². The second-order valence-electron chi connectivity index (χ2n) is 4.49. The maximum atomic E-state index is 12.1. The number of aromatic amines is 1. The molecule has 0 saturated heterocycles. The number of carbonyl (C=O) groups is 2. The third kappa shape index (κ3) is 3.50. The number of ether oxygens (including phenoxy) is 1. The highest BCUT2D eigenvalue weighted by Crippen LogP contribution is 2.19. The van der Waals surface area contributed by atoms with Crippen molar-refractivity contribution in [3.05, 3.63) is 23.8 Å². The first-order valence-electron chi connectivity index (χ1n) is 6.82. The van der Waals surface area contributed by atoms with E-state index in [0.29, 0.717) is 23.1 Å². The van der Waals surface area contributed by atoms with Crippen molar-refractivity contribution in [2.24, 2.45) is 0 Å². The van der Waals surface area contributed by atoms with Gasteiger partial charge >= 0.3 is 12.1 Å². The van der Waals surface area contributed by atoms with E-state index in [0.717, 1.165) is 12.8 Å². The minimum Gasteiger partial charge on any atom is -0.375 e. The fourth-order valence-corrected chi connectivity index (χ4v) is 1.85. The van der Waals surface area contributed by atoms with Gasteiger partial charge in [0, 0.05) is 13.6 Å². The highest BCUT2D eigenvalue weighted by atomic mass is 16.6. The number of hydrogen-bond acceptors (Lipinski definition) is 4. The highest BCUT2D eigenvalue weighted by molar-refractivity contribution is 6.05. The zero-order valence-electron chi connectivity index (χ0n) is 12.0. The van der Waals surface area contributed by atoms with E-state index in [-0.39, 0.29) is 11.9 Å². The van der Waals surface area contributed by atoms with Crippen LogP contribution in [0.2, 0.25) is 0 Å². The van der Waals surface area contributed by atoms with Gasteiger partial charge in [0.05, 0.1) is 11.1 Å². The Bertz CT molecular complexity index is 651. The fraction of sp³-hybridized carbons (Fsp3) is 0.357. The van der Waals surface area contributed by atoms with E-state index in [4.69, 9.17) is 4.74 Å². The Morgan fingerprint density at radius 1 is 1.38 bits per heavy atom. The smallest absolute Gasteiger partial charge is 0.375 e. The van der Waals surface area contributed by atoms with Crippen LogP contribution in [0.4, 0.5) is 4.79 Å². The minimum atomic E-state index is -0.622. The molecule has 112 valence electrons. The van der Waals surface area contributed by atoms with E-state index in [1.807, 2.05) is 0 Å². The lowest BCUT2D eigenvalue weighted by atomic mass is 10.1. The summed E-state index contributed by atoms with van der Waals surface area (Å²) in [7, 11) is 1.46. The van der Waals surface area contributed by atoms with E-state index in [1.165, 1.54) is 7.05 Å². The van der Waals surface area contributed by atoms with Gasteiger partial charge in [-0.15, -0.1) is 0 Å². The van der Waals surface area contributed by atoms with Crippen LogP contribution in [0.5, 0.6) is 6.01 Å². The van der Waals surface area contributed by atoms with Crippen molar-refractivity contribution in [3.63, 3.8) is 0 Å². The largest absolute Gasteiger partial charge is 0.414 e. The number of nitrogens with one attached hydrogen (secondary N) is 3. The Hall–Kier alpha value is -2.57. The topological polar surface area (TPSA) is 96.1 Å². The van der Waals surface area contributed by atoms with Gasteiger partial charge in [0.2, 0.25) is 0 Å². The van der Waals surface area contributed by atoms with Crippen LogP contribution in [-0.4, -0.2) is 35.6 Å². The zero-order chi connectivity index (χ0) is 15.2. The molecule has 2 amide bonds. The lowest BCUT2D eigenvalue weighted by Gasteiger charge is -2.04. The molecule has 1 heterocycles. The maximum Gasteiger partial charge on any atom is 0.414 e. The lowest BCUT2D eigenvalue weighted by molar-refractivity contribution is 0.0954. The number of hydrogen-bond donors (Lipinski definition) is 3. The van der Waals surface area contributed by atoms with Crippen molar-refractivity contribution < 1.29 is 14.3 Å². The number of nitrogens with zero attached hydrogens (tertiary/aromatic N) is 1. The van der Waals surface area contributed by atoms with Crippen LogP contribution in [0.3, 0.4) is 0 Å². The van der Waals surface area contributed by atoms with E-state index < -0.39 is 6.09 Å². The number of imidazole rings is 1. The van der Waals surface area contributed by atoms with Crippen LogP contribution in [0.25, 0.3) is 11.0 Å². The van der Waals surface area contributed by atoms with Gasteiger partial charge in [0.1, 0.15) is 5.52 Å². The molecular weight excluding hydrogens is 272 g/mol. The SMILES string of the molecule is CCCCNC(=O)c1cccc2[nH]c(OC(=O)NC)nc12. The first-order chi connectivity index (χ1) is 10.2. The molecule has 0 bridgehead atoms. The second-order valence-corrected chi connectivity index (χ2v) is 4.49. The van der Waals surface area contributed by atoms with Gasteiger partial charge in [-0.1, -0.05) is 19.4 Å². The Morgan fingerprint density at radius 2 is 2.19 bits per heavy atom. The molecule has 1 aromatic carbocycles. The summed E-state index contributed by atoms with van der Waals surface area (Å²) >= 11 is 0. The average molecular weight is 290 g/mol. The number of rotatable bonds is 5. The molecule has 21 heavy (non-hydrogen) atoms. The monoisotopic (exact) mass is 290 g/mol. The second kappa shape index (κ2) is 6.74. The van der Waals surface area contributed by atoms with Gasteiger partial charge in [-0.25, -0.2) is 4.79 Å². The molecule has 7 heteroatoms. The van der Waals surface area contributed by atoms with Crippen molar-refractivity contribution in [2.45, 2.75) is 19.8 Å². The van der Waals surface area contributed by atoms with Crippen LogP contribution in [0.1, 0.15) is 30.1 Å². The number of unbranched alkanes of at least 4 members (excludes halogenated alkanes) is 1. The molecule has 0 unspecified atom stereocenters. The summed E-state index contributed by atoms with van der Waals surface area (Å²) < 4.78 is 4.93. The van der Waals surface area contributed by atoms with E-state index in [9.17, 15) is 9.59 Å². The van der Waals surface area contributed by atoms with Crippen LogP contribution in [0.15, 0.2) is 18.2 Å². The third-order valence-corrected chi connectivity index (χ3v) is 2.94. The van der Waals surface area contributed by atoms with Gasteiger partial charge in [-0.3, -0.25) is 4.79 Å². The third-order valence-electron chi connectivity index (χ3n) is 2.94. The molecule has 1 aromatic heterocycles.